The van der Waals surface area contributed by atoms with Crippen molar-refractivity contribution in [1.82, 2.24) is 14.4 Å². The van der Waals surface area contributed by atoms with Gasteiger partial charge in [0.15, 0.2) is 0 Å². The second kappa shape index (κ2) is 16.4. The molecule has 0 atom stereocenters. The van der Waals surface area contributed by atoms with Crippen molar-refractivity contribution in [2.24, 2.45) is 0 Å². The predicted molar refractivity (Wildman–Crippen MR) is 260 cm³/mol. The third kappa shape index (κ3) is 7.38. The Balaban J connectivity index is 0.00000484. The molecule has 316 valence electrons. The van der Waals surface area contributed by atoms with Gasteiger partial charge in [0.05, 0.1) is 0 Å². The van der Waals surface area contributed by atoms with Gasteiger partial charge in [-0.15, -0.1) is 48.1 Å². The summed E-state index contributed by atoms with van der Waals surface area (Å²) in [4.78, 5) is 11.7. The zero-order valence-electron chi connectivity index (χ0n) is 36.4. The summed E-state index contributed by atoms with van der Waals surface area (Å²) in [6.07, 6.45) is 10.8. The van der Waals surface area contributed by atoms with Gasteiger partial charge in [0.25, 0.3) is 0 Å². The Labute approximate surface area is 390 Å². The van der Waals surface area contributed by atoms with Gasteiger partial charge in [0.2, 0.25) is 0 Å². The summed E-state index contributed by atoms with van der Waals surface area (Å²) in [5.41, 5.74) is 14.6. The Kier molecular flexibility index (Phi) is 10.6. The van der Waals surface area contributed by atoms with Crippen LogP contribution in [0.3, 0.4) is 0 Å². The molecule has 0 aliphatic carbocycles. The van der Waals surface area contributed by atoms with E-state index in [0.717, 1.165) is 55.8 Å². The molecule has 8 aromatic rings. The molecule has 5 heterocycles. The van der Waals surface area contributed by atoms with Crippen LogP contribution in [0.2, 0.25) is 0 Å². The monoisotopic (exact) mass is 1010 g/mol. The molecule has 3 aliphatic heterocycles. The van der Waals surface area contributed by atoms with Crippen LogP contribution in [-0.4, -0.2) is 21.2 Å². The van der Waals surface area contributed by atoms with E-state index in [4.69, 9.17) is 9.72 Å². The van der Waals surface area contributed by atoms with Crippen LogP contribution in [0.25, 0.3) is 38.8 Å². The van der Waals surface area contributed by atoms with Crippen molar-refractivity contribution in [2.45, 2.75) is 40.0 Å². The smallest absolute Gasteiger partial charge is 0.335 e. The first-order valence-electron chi connectivity index (χ1n) is 21.6. The van der Waals surface area contributed by atoms with Crippen LogP contribution < -0.4 is 14.5 Å². The summed E-state index contributed by atoms with van der Waals surface area (Å²) in [6, 6.07) is 56.3. The van der Waals surface area contributed by atoms with Crippen LogP contribution in [0.15, 0.2) is 182 Å². The van der Waals surface area contributed by atoms with Gasteiger partial charge in [-0.05, 0) is 113 Å². The summed E-state index contributed by atoms with van der Waals surface area (Å²) in [5, 5.41) is 2.23. The van der Waals surface area contributed by atoms with Gasteiger partial charge in [-0.25, -0.2) is 4.98 Å². The fraction of sp³-hybridized carbons (Fsp3) is 0.107. The topological polar surface area (TPSA) is 36.8 Å². The van der Waals surface area contributed by atoms with Crippen molar-refractivity contribution >= 4 is 56.9 Å². The minimum Gasteiger partial charge on any atom is -0.509 e. The SMILES string of the molecule is Cc1cc(C)cc(C2=CB3C(N4[CH-]N(c5[c-]c(Oc6[c-]c7c(cc6)c6ccccc6n7-c6cc(C(C)(C)C)ccn6)ccc5)c5ccccc54)=C(c4ccccc4)C=CN3C=C2)c1.[Pt]. The van der Waals surface area contributed by atoms with E-state index in [2.05, 4.69) is 224 Å². The number of hydrogen-bond acceptors (Lipinski definition) is 5. The quantitative estimate of drug-likeness (QED) is 0.117. The second-order valence-corrected chi connectivity index (χ2v) is 17.6. The van der Waals surface area contributed by atoms with Gasteiger partial charge in [-0.3, -0.25) is 0 Å². The molecule has 0 radical (unpaired) electrons. The average molecular weight is 1010 g/mol. The van der Waals surface area contributed by atoms with Gasteiger partial charge in [0.1, 0.15) is 5.82 Å². The molecule has 8 heteroatoms. The summed E-state index contributed by atoms with van der Waals surface area (Å²) in [6.45, 7) is 13.2. The van der Waals surface area contributed by atoms with Crippen molar-refractivity contribution in [3.05, 3.63) is 228 Å². The maximum atomic E-state index is 6.66. The van der Waals surface area contributed by atoms with E-state index in [1.165, 1.54) is 33.4 Å². The fourth-order valence-electron chi connectivity index (χ4n) is 9.24. The summed E-state index contributed by atoms with van der Waals surface area (Å²) in [5.74, 6) is 4.45. The minimum absolute atomic E-state index is 0. The van der Waals surface area contributed by atoms with Crippen LogP contribution in [-0.2, 0) is 26.5 Å². The van der Waals surface area contributed by atoms with Crippen molar-refractivity contribution in [3.63, 3.8) is 0 Å². The predicted octanol–water partition coefficient (Wildman–Crippen LogP) is 13.5. The molecular formula is C56H45BN5OPt-3. The molecule has 3 aliphatic rings. The number of benzene rings is 6. The number of hydrogen-bond donors (Lipinski definition) is 0. The molecule has 0 fully saturated rings. The van der Waals surface area contributed by atoms with Crippen molar-refractivity contribution in [2.75, 3.05) is 9.80 Å². The Morgan fingerprint density at radius 2 is 1.38 bits per heavy atom. The van der Waals surface area contributed by atoms with E-state index in [-0.39, 0.29) is 33.3 Å². The van der Waals surface area contributed by atoms with Crippen LogP contribution in [0.5, 0.6) is 11.5 Å². The second-order valence-electron chi connectivity index (χ2n) is 17.6. The van der Waals surface area contributed by atoms with E-state index >= 15 is 0 Å². The van der Waals surface area contributed by atoms with E-state index in [0.29, 0.717) is 11.5 Å². The average Bonchev–Trinajstić information content (AvgIpc) is 3.84. The standard InChI is InChI=1S/C56H45BN5O.Pt/c1-38-30-39(2)32-42(31-38)41-25-28-59-29-26-47(40-14-7-6-8-15-40)55(57(59)36-41)61-37-60(51-20-11-12-21-52(51)61)44-16-13-17-45(34-44)63-46-22-23-49-48-18-9-10-19-50(48)62(53(49)35-46)54-33-43(24-27-58-54)56(3,4)5;/h6-33,36-37H,1-5H3;/q-3;. The van der Waals surface area contributed by atoms with E-state index < -0.39 is 0 Å². The molecule has 0 saturated heterocycles. The van der Waals surface area contributed by atoms with Crippen molar-refractivity contribution in [3.8, 4) is 17.3 Å². The van der Waals surface area contributed by atoms with Gasteiger partial charge in [0, 0.05) is 55.7 Å². The number of fused-ring (bicyclic) bond motifs is 5. The van der Waals surface area contributed by atoms with Gasteiger partial charge in [-0.2, -0.15) is 12.1 Å². The molecule has 2 aromatic heterocycles. The van der Waals surface area contributed by atoms with Crippen LogP contribution >= 0.6 is 0 Å². The third-order valence-corrected chi connectivity index (χ3v) is 12.2. The number of aromatic nitrogens is 2. The van der Waals surface area contributed by atoms with E-state index in [1.807, 2.05) is 24.4 Å². The summed E-state index contributed by atoms with van der Waals surface area (Å²) >= 11 is 0. The number of para-hydroxylation sites is 3. The number of aryl methyl sites for hydroxylation is 2. The third-order valence-electron chi connectivity index (χ3n) is 12.2. The molecule has 0 saturated carbocycles. The van der Waals surface area contributed by atoms with Gasteiger partial charge in [-0.1, -0.05) is 122 Å². The molecule has 0 spiro atoms. The number of anilines is 3. The fourth-order valence-corrected chi connectivity index (χ4v) is 9.24. The number of allylic oxidation sites excluding steroid dienone is 4. The Hall–Kier alpha value is -6.82. The zero-order valence-corrected chi connectivity index (χ0v) is 38.6. The first-order chi connectivity index (χ1) is 30.7. The molecule has 11 rings (SSSR count). The first kappa shape index (κ1) is 41.2. The molecule has 0 unspecified atom stereocenters. The number of pyridine rings is 1. The van der Waals surface area contributed by atoms with Crippen molar-refractivity contribution < 1.29 is 25.8 Å². The van der Waals surface area contributed by atoms with Crippen LogP contribution in [0, 0.1) is 32.6 Å². The number of ether oxygens (including phenoxy) is 1. The number of rotatable bonds is 7. The Morgan fingerprint density at radius 3 is 2.17 bits per heavy atom. The summed E-state index contributed by atoms with van der Waals surface area (Å²) < 4.78 is 8.85. The summed E-state index contributed by atoms with van der Waals surface area (Å²) in [7, 11) is 0. The van der Waals surface area contributed by atoms with E-state index in [1.54, 1.807) is 0 Å². The number of nitrogens with zero attached hydrogens (tertiary/aromatic N) is 5. The molecule has 0 amide bonds. The molecule has 6 aromatic carbocycles. The Morgan fingerprint density at radius 1 is 0.656 bits per heavy atom. The minimum atomic E-state index is -0.0684. The molecule has 0 N–H and O–H groups in total. The zero-order chi connectivity index (χ0) is 42.8. The van der Waals surface area contributed by atoms with Crippen LogP contribution in [0.4, 0.5) is 17.1 Å². The first-order valence-corrected chi connectivity index (χ1v) is 21.6. The van der Waals surface area contributed by atoms with Gasteiger partial charge < -0.3 is 23.9 Å². The maximum Gasteiger partial charge on any atom is 0.335 e. The van der Waals surface area contributed by atoms with Crippen molar-refractivity contribution in [1.29, 1.82) is 0 Å². The normalized spacial score (nSPS) is 14.5. The Bertz CT molecular complexity index is 3210. The maximum absolute atomic E-state index is 6.66. The van der Waals surface area contributed by atoms with Gasteiger partial charge >= 0.3 is 6.85 Å². The largest absolute Gasteiger partial charge is 0.509 e. The van der Waals surface area contributed by atoms with Crippen LogP contribution in [0.1, 0.15) is 48.6 Å². The molecule has 0 bridgehead atoms. The molecular weight excluding hydrogens is 965 g/mol. The molecule has 6 nitrogen and oxygen atoms in total. The van der Waals surface area contributed by atoms with E-state index in [9.17, 15) is 0 Å². The molecule has 64 heavy (non-hydrogen) atoms.